The van der Waals surface area contributed by atoms with E-state index < -0.39 is 0 Å². The van der Waals surface area contributed by atoms with E-state index in [1.165, 1.54) is 0 Å². The maximum atomic E-state index is 11.9. The van der Waals surface area contributed by atoms with Crippen molar-refractivity contribution in [3.63, 3.8) is 0 Å². The average molecular weight is 261 g/mol. The largest absolute Gasteiger partial charge is 0.497 e. The number of methoxy groups -OCH3 is 1. The van der Waals surface area contributed by atoms with Crippen molar-refractivity contribution in [1.82, 2.24) is 0 Å². The highest BCUT2D eigenvalue weighted by atomic mass is 35.5. The van der Waals surface area contributed by atoms with E-state index in [4.69, 9.17) is 16.3 Å². The average Bonchev–Trinajstić information content (AvgIpc) is 2.39. The number of rotatable bonds is 3. The summed E-state index contributed by atoms with van der Waals surface area (Å²) >= 11 is 5.81. The van der Waals surface area contributed by atoms with E-state index in [9.17, 15) is 4.79 Å². The molecule has 0 fully saturated rings. The number of halogens is 1. The fraction of sp³-hybridized carbons (Fsp3) is 0.0714. The Labute approximate surface area is 110 Å². The van der Waals surface area contributed by atoms with Crippen LogP contribution in [0.3, 0.4) is 0 Å². The monoisotopic (exact) mass is 260 g/mol. The van der Waals surface area contributed by atoms with Gasteiger partial charge in [-0.3, -0.25) is 4.79 Å². The smallest absolute Gasteiger partial charge is 0.256 e. The molecule has 1 amide bonds. The number of carbonyl (C=O) groups excluding carboxylic acids is 1. The number of benzene rings is 2. The number of nitrogens with one attached hydrogen (secondary N) is 1. The molecule has 2 aromatic rings. The first-order valence-electron chi connectivity index (χ1n) is 5.31. The molecular formula is C14H11ClNO2. The summed E-state index contributed by atoms with van der Waals surface area (Å²) in [6, 6.07) is 14.8. The Morgan fingerprint density at radius 2 is 2.00 bits per heavy atom. The van der Waals surface area contributed by atoms with Gasteiger partial charge in [-0.05, 0) is 42.5 Å². The van der Waals surface area contributed by atoms with Crippen LogP contribution < -0.4 is 10.1 Å². The molecule has 0 saturated carbocycles. The van der Waals surface area contributed by atoms with Crippen LogP contribution in [0.15, 0.2) is 42.5 Å². The molecule has 0 heterocycles. The van der Waals surface area contributed by atoms with Gasteiger partial charge in [-0.1, -0.05) is 17.7 Å². The van der Waals surface area contributed by atoms with Gasteiger partial charge in [0.1, 0.15) is 5.75 Å². The molecule has 2 rings (SSSR count). The molecule has 0 aliphatic carbocycles. The SMILES string of the molecule is COc1ccc(NC(=O)c2[c]ccc(Cl)c2)cc1. The predicted molar refractivity (Wildman–Crippen MR) is 71.2 cm³/mol. The summed E-state index contributed by atoms with van der Waals surface area (Å²) in [6.45, 7) is 0. The van der Waals surface area contributed by atoms with Crippen LogP contribution in [-0.4, -0.2) is 13.0 Å². The lowest BCUT2D eigenvalue weighted by Gasteiger charge is -2.06. The normalized spacial score (nSPS) is 9.89. The molecule has 18 heavy (non-hydrogen) atoms. The van der Waals surface area contributed by atoms with E-state index in [0.717, 1.165) is 5.75 Å². The molecular weight excluding hydrogens is 250 g/mol. The molecule has 0 aliphatic heterocycles. The zero-order valence-electron chi connectivity index (χ0n) is 9.74. The van der Waals surface area contributed by atoms with Gasteiger partial charge in [0.25, 0.3) is 5.91 Å². The Bertz CT molecular complexity index is 552. The maximum absolute atomic E-state index is 11.9. The van der Waals surface area contributed by atoms with Crippen molar-refractivity contribution in [3.8, 4) is 5.75 Å². The Hall–Kier alpha value is -2.00. The lowest BCUT2D eigenvalue weighted by molar-refractivity contribution is 0.102. The minimum atomic E-state index is -0.248. The molecule has 0 spiro atoms. The summed E-state index contributed by atoms with van der Waals surface area (Å²) in [7, 11) is 1.59. The molecule has 0 atom stereocenters. The maximum Gasteiger partial charge on any atom is 0.256 e. The van der Waals surface area contributed by atoms with Crippen molar-refractivity contribution in [3.05, 3.63) is 59.1 Å². The summed E-state index contributed by atoms with van der Waals surface area (Å²) in [5.74, 6) is 0.491. The van der Waals surface area contributed by atoms with E-state index in [-0.39, 0.29) is 5.91 Å². The lowest BCUT2D eigenvalue weighted by atomic mass is 10.2. The van der Waals surface area contributed by atoms with Gasteiger partial charge in [0.05, 0.1) is 7.11 Å². The van der Waals surface area contributed by atoms with Crippen molar-refractivity contribution in [1.29, 1.82) is 0 Å². The molecule has 0 bridgehead atoms. The fourth-order valence-electron chi connectivity index (χ4n) is 1.44. The minimum absolute atomic E-state index is 0.248. The van der Waals surface area contributed by atoms with Gasteiger partial charge in [-0.2, -0.15) is 0 Å². The molecule has 0 aromatic heterocycles. The predicted octanol–water partition coefficient (Wildman–Crippen LogP) is 3.40. The van der Waals surface area contributed by atoms with Crippen LogP contribution in [-0.2, 0) is 0 Å². The van der Waals surface area contributed by atoms with E-state index in [1.54, 1.807) is 49.6 Å². The Morgan fingerprint density at radius 1 is 1.28 bits per heavy atom. The number of hydrogen-bond acceptors (Lipinski definition) is 2. The highest BCUT2D eigenvalue weighted by Gasteiger charge is 2.06. The van der Waals surface area contributed by atoms with Gasteiger partial charge in [-0.15, -0.1) is 0 Å². The third-order valence-electron chi connectivity index (χ3n) is 2.36. The first kappa shape index (κ1) is 12.5. The molecule has 3 nitrogen and oxygen atoms in total. The Kier molecular flexibility index (Phi) is 3.85. The second kappa shape index (κ2) is 5.56. The van der Waals surface area contributed by atoms with Crippen molar-refractivity contribution in [2.75, 3.05) is 12.4 Å². The van der Waals surface area contributed by atoms with E-state index in [2.05, 4.69) is 11.4 Å². The van der Waals surface area contributed by atoms with Crippen molar-refractivity contribution < 1.29 is 9.53 Å². The second-order valence-electron chi connectivity index (χ2n) is 3.60. The molecule has 2 aromatic carbocycles. The Morgan fingerprint density at radius 3 is 2.61 bits per heavy atom. The molecule has 1 N–H and O–H groups in total. The van der Waals surface area contributed by atoms with Gasteiger partial charge in [-0.25, -0.2) is 0 Å². The summed E-state index contributed by atoms with van der Waals surface area (Å²) < 4.78 is 5.04. The van der Waals surface area contributed by atoms with Crippen LogP contribution in [0.5, 0.6) is 5.75 Å². The topological polar surface area (TPSA) is 38.3 Å². The van der Waals surface area contributed by atoms with E-state index in [0.29, 0.717) is 16.3 Å². The molecule has 0 aliphatic rings. The van der Waals surface area contributed by atoms with Crippen molar-refractivity contribution >= 4 is 23.2 Å². The first-order valence-corrected chi connectivity index (χ1v) is 5.69. The van der Waals surface area contributed by atoms with Crippen molar-refractivity contribution in [2.24, 2.45) is 0 Å². The van der Waals surface area contributed by atoms with Crippen LogP contribution in [0.25, 0.3) is 0 Å². The highest BCUT2D eigenvalue weighted by Crippen LogP contribution is 2.16. The van der Waals surface area contributed by atoms with Gasteiger partial charge in [0.15, 0.2) is 0 Å². The zero-order chi connectivity index (χ0) is 13.0. The van der Waals surface area contributed by atoms with Crippen LogP contribution in [0.4, 0.5) is 5.69 Å². The van der Waals surface area contributed by atoms with Crippen LogP contribution in [0.2, 0.25) is 5.02 Å². The van der Waals surface area contributed by atoms with Gasteiger partial charge < -0.3 is 10.1 Å². The van der Waals surface area contributed by atoms with Crippen LogP contribution in [0, 0.1) is 6.07 Å². The number of hydrogen-bond donors (Lipinski definition) is 1. The van der Waals surface area contributed by atoms with E-state index in [1.807, 2.05) is 0 Å². The quantitative estimate of drug-likeness (QED) is 0.919. The summed E-state index contributed by atoms with van der Waals surface area (Å²) in [5, 5.41) is 3.26. The van der Waals surface area contributed by atoms with Gasteiger partial charge in [0, 0.05) is 16.3 Å². The summed E-state index contributed by atoms with van der Waals surface area (Å²) in [5.41, 5.74) is 1.09. The number of ether oxygens (including phenoxy) is 1. The van der Waals surface area contributed by atoms with Gasteiger partial charge >= 0.3 is 0 Å². The Balaban J connectivity index is 2.11. The third kappa shape index (κ3) is 3.02. The molecule has 1 radical (unpaired) electrons. The molecule has 0 saturated heterocycles. The van der Waals surface area contributed by atoms with Gasteiger partial charge in [0.2, 0.25) is 0 Å². The number of anilines is 1. The van der Waals surface area contributed by atoms with Crippen molar-refractivity contribution in [2.45, 2.75) is 0 Å². The molecule has 0 unspecified atom stereocenters. The summed E-state index contributed by atoms with van der Waals surface area (Å²) in [4.78, 5) is 11.9. The zero-order valence-corrected chi connectivity index (χ0v) is 10.5. The minimum Gasteiger partial charge on any atom is -0.497 e. The summed E-state index contributed by atoms with van der Waals surface area (Å²) in [6.07, 6.45) is 0. The standard InChI is InChI=1S/C14H11ClNO2/c1-18-13-7-5-12(6-8-13)16-14(17)10-3-2-4-11(15)9-10/h2,4-9H,1H3,(H,16,17). The lowest BCUT2D eigenvalue weighted by Crippen LogP contribution is -2.11. The third-order valence-corrected chi connectivity index (χ3v) is 2.59. The fourth-order valence-corrected chi connectivity index (χ4v) is 1.61. The second-order valence-corrected chi connectivity index (χ2v) is 4.04. The highest BCUT2D eigenvalue weighted by molar-refractivity contribution is 6.31. The van der Waals surface area contributed by atoms with E-state index >= 15 is 0 Å². The first-order chi connectivity index (χ1) is 8.69. The molecule has 4 heteroatoms. The molecule has 91 valence electrons. The number of carbonyl (C=O) groups is 1. The number of amides is 1. The van der Waals surface area contributed by atoms with Crippen LogP contribution >= 0.6 is 11.6 Å². The van der Waals surface area contributed by atoms with Crippen LogP contribution in [0.1, 0.15) is 10.4 Å².